The van der Waals surface area contributed by atoms with E-state index in [2.05, 4.69) is 9.71 Å². The Labute approximate surface area is 212 Å². The van der Waals surface area contributed by atoms with Crippen LogP contribution in [0.2, 0.25) is 0 Å². The van der Waals surface area contributed by atoms with Gasteiger partial charge in [0.15, 0.2) is 5.13 Å². The van der Waals surface area contributed by atoms with E-state index in [1.807, 2.05) is 0 Å². The van der Waals surface area contributed by atoms with E-state index < -0.39 is 16.1 Å². The Hall–Kier alpha value is -3.77. The van der Waals surface area contributed by atoms with Crippen molar-refractivity contribution in [3.63, 3.8) is 0 Å². The second-order valence-corrected chi connectivity index (χ2v) is 10.9. The lowest BCUT2D eigenvalue weighted by atomic mass is 10.2. The third-order valence-corrected chi connectivity index (χ3v) is 8.30. The zero-order valence-corrected chi connectivity index (χ0v) is 20.8. The van der Waals surface area contributed by atoms with Crippen LogP contribution in [0.15, 0.2) is 71.2 Å². The summed E-state index contributed by atoms with van der Waals surface area (Å²) >= 11 is 1.17. The highest BCUT2D eigenvalue weighted by Crippen LogP contribution is 2.26. The quantitative estimate of drug-likeness (QED) is 0.410. The average Bonchev–Trinajstić information content (AvgIpc) is 3.53. The fourth-order valence-corrected chi connectivity index (χ4v) is 6.05. The van der Waals surface area contributed by atoms with Crippen molar-refractivity contribution in [1.29, 1.82) is 0 Å². The third kappa shape index (κ3) is 4.44. The highest BCUT2D eigenvalue weighted by Gasteiger charge is 2.31. The van der Waals surface area contributed by atoms with E-state index >= 15 is 0 Å². The van der Waals surface area contributed by atoms with Gasteiger partial charge < -0.3 is 14.4 Å². The number of aromatic nitrogens is 2. The van der Waals surface area contributed by atoms with E-state index in [9.17, 15) is 22.4 Å². The molecule has 1 N–H and O–H groups in total. The molecular weight excluding hydrogens is 505 g/mol. The number of nitrogens with zero attached hydrogens (tertiary/aromatic N) is 4. The van der Waals surface area contributed by atoms with Gasteiger partial charge in [-0.05, 0) is 49.4 Å². The number of carbonyl (C=O) groups is 2. The molecular formula is C24H24FN5O4S2. The number of carbonyl (C=O) groups excluding carboxylic acids is 2. The van der Waals surface area contributed by atoms with E-state index in [1.165, 1.54) is 45.5 Å². The van der Waals surface area contributed by atoms with Crippen LogP contribution in [0.1, 0.15) is 14.4 Å². The number of thiazole rings is 1. The first-order valence-corrected chi connectivity index (χ1v) is 13.5. The summed E-state index contributed by atoms with van der Waals surface area (Å²) in [5.41, 5.74) is 1.15. The molecule has 0 spiro atoms. The number of hydrogen-bond acceptors (Lipinski definition) is 6. The Morgan fingerprint density at radius 1 is 1.17 bits per heavy atom. The van der Waals surface area contributed by atoms with Gasteiger partial charge in [0.05, 0.1) is 10.4 Å². The maximum absolute atomic E-state index is 14.1. The Morgan fingerprint density at radius 3 is 2.64 bits per heavy atom. The number of sulfonamides is 1. The zero-order chi connectivity index (χ0) is 25.4. The van der Waals surface area contributed by atoms with Crippen molar-refractivity contribution >= 4 is 54.9 Å². The Morgan fingerprint density at radius 2 is 1.94 bits per heavy atom. The molecule has 2 aromatic heterocycles. The van der Waals surface area contributed by atoms with Crippen molar-refractivity contribution in [1.82, 2.24) is 14.5 Å². The van der Waals surface area contributed by atoms with Crippen molar-refractivity contribution in [3.05, 3.63) is 72.1 Å². The van der Waals surface area contributed by atoms with Gasteiger partial charge in [-0.25, -0.2) is 17.8 Å². The molecule has 0 radical (unpaired) electrons. The summed E-state index contributed by atoms with van der Waals surface area (Å²) in [6.45, 7) is 2.20. The Kier molecular flexibility index (Phi) is 6.22. The lowest BCUT2D eigenvalue weighted by molar-refractivity contribution is -0.139. The van der Waals surface area contributed by atoms with Gasteiger partial charge in [0.2, 0.25) is 11.8 Å². The van der Waals surface area contributed by atoms with Crippen molar-refractivity contribution in [3.8, 4) is 0 Å². The van der Waals surface area contributed by atoms with Gasteiger partial charge in [0, 0.05) is 43.4 Å². The maximum atomic E-state index is 14.1. The smallest absolute Gasteiger partial charge is 0.263 e. The van der Waals surface area contributed by atoms with Gasteiger partial charge in [-0.2, -0.15) is 0 Å². The molecule has 2 aromatic carbocycles. The average molecular weight is 530 g/mol. The lowest BCUT2D eigenvalue weighted by Crippen LogP contribution is -2.53. The van der Waals surface area contributed by atoms with Crippen LogP contribution in [0.25, 0.3) is 10.9 Å². The van der Waals surface area contributed by atoms with E-state index in [0.717, 1.165) is 0 Å². The topological polar surface area (TPSA) is 105 Å². The minimum absolute atomic E-state index is 0. The molecule has 1 aliphatic rings. The summed E-state index contributed by atoms with van der Waals surface area (Å²) in [7, 11) is -3.80. The van der Waals surface area contributed by atoms with E-state index in [1.54, 1.807) is 53.4 Å². The van der Waals surface area contributed by atoms with Crippen LogP contribution in [-0.4, -0.2) is 54.3 Å². The van der Waals surface area contributed by atoms with Crippen LogP contribution in [0.3, 0.4) is 0 Å². The summed E-state index contributed by atoms with van der Waals surface area (Å²) in [4.78, 5) is 33.1. The SMILES string of the molecule is C[C@H](C(=O)N1CCN(c2ccc(S(=O)(=O)Nc3nccs3)cc2)C(=O)C1)n1ccc2c(F)cccc21.[HH]. The summed E-state index contributed by atoms with van der Waals surface area (Å²) in [6.07, 6.45) is 3.18. The summed E-state index contributed by atoms with van der Waals surface area (Å²) in [6, 6.07) is 11.7. The normalized spacial score (nSPS) is 15.3. The molecule has 9 nitrogen and oxygen atoms in total. The number of nitrogens with one attached hydrogen (secondary N) is 1. The maximum Gasteiger partial charge on any atom is 0.263 e. The van der Waals surface area contributed by atoms with Crippen LogP contribution in [0, 0.1) is 5.82 Å². The molecule has 12 heteroatoms. The second kappa shape index (κ2) is 9.36. The number of hydrogen-bond donors (Lipinski definition) is 1. The minimum Gasteiger partial charge on any atom is -0.335 e. The molecule has 1 saturated heterocycles. The number of halogens is 1. The highest BCUT2D eigenvalue weighted by molar-refractivity contribution is 7.93. The van der Waals surface area contributed by atoms with Gasteiger partial charge in [0.1, 0.15) is 18.4 Å². The molecule has 0 bridgehead atoms. The molecule has 2 amide bonds. The number of rotatable bonds is 6. The first-order valence-electron chi connectivity index (χ1n) is 11.1. The standard InChI is InChI=1S/C24H22FN5O4S2.H2/c1-16(29-11-9-19-20(25)3-2-4-21(19)29)23(32)28-12-13-30(22(31)15-28)17-5-7-18(8-6-17)36(33,34)27-24-26-10-14-35-24;/h2-11,14,16H,12-13,15H2,1H3,(H,26,27);1H/t16-;/m1./s1. The van der Waals surface area contributed by atoms with Crippen LogP contribution in [0.5, 0.6) is 0 Å². The number of piperazine rings is 1. The number of anilines is 2. The fraction of sp³-hybridized carbons (Fsp3) is 0.208. The molecule has 1 fully saturated rings. The third-order valence-electron chi connectivity index (χ3n) is 6.13. The van der Waals surface area contributed by atoms with Gasteiger partial charge >= 0.3 is 0 Å². The van der Waals surface area contributed by atoms with Crippen LogP contribution in [-0.2, 0) is 19.6 Å². The molecule has 1 aliphatic heterocycles. The number of benzene rings is 2. The molecule has 1 atom stereocenters. The van der Waals surface area contributed by atoms with Crippen LogP contribution in [0.4, 0.5) is 15.2 Å². The van der Waals surface area contributed by atoms with Crippen molar-refractivity contribution in [2.24, 2.45) is 0 Å². The Bertz CT molecular complexity index is 1540. The summed E-state index contributed by atoms with van der Waals surface area (Å²) < 4.78 is 43.2. The van der Waals surface area contributed by atoms with Gasteiger partial charge in [-0.1, -0.05) is 6.07 Å². The second-order valence-electron chi connectivity index (χ2n) is 8.31. The Balaban J connectivity index is 0.00000320. The predicted molar refractivity (Wildman–Crippen MR) is 137 cm³/mol. The van der Waals surface area contributed by atoms with Crippen molar-refractivity contribution < 1.29 is 23.8 Å². The molecule has 3 heterocycles. The van der Waals surface area contributed by atoms with Crippen molar-refractivity contribution in [2.45, 2.75) is 17.9 Å². The molecule has 5 rings (SSSR count). The van der Waals surface area contributed by atoms with E-state index in [-0.39, 0.29) is 42.2 Å². The monoisotopic (exact) mass is 529 g/mol. The molecule has 36 heavy (non-hydrogen) atoms. The fourth-order valence-electron chi connectivity index (χ4n) is 4.26. The van der Waals surface area contributed by atoms with Crippen LogP contribution < -0.4 is 9.62 Å². The highest BCUT2D eigenvalue weighted by atomic mass is 32.2. The van der Waals surface area contributed by atoms with Crippen LogP contribution >= 0.6 is 11.3 Å². The zero-order valence-electron chi connectivity index (χ0n) is 19.2. The number of amides is 2. The van der Waals surface area contributed by atoms with Gasteiger partial charge in [-0.3, -0.25) is 14.3 Å². The predicted octanol–water partition coefficient (Wildman–Crippen LogP) is 3.72. The lowest BCUT2D eigenvalue weighted by Gasteiger charge is -2.35. The molecule has 0 unspecified atom stereocenters. The minimum atomic E-state index is -3.80. The number of fused-ring (bicyclic) bond motifs is 1. The summed E-state index contributed by atoms with van der Waals surface area (Å²) in [5, 5.41) is 2.37. The van der Waals surface area contributed by atoms with E-state index in [0.29, 0.717) is 23.1 Å². The van der Waals surface area contributed by atoms with E-state index in [4.69, 9.17) is 0 Å². The summed E-state index contributed by atoms with van der Waals surface area (Å²) in [5.74, 6) is -0.867. The first kappa shape index (κ1) is 23.9. The largest absolute Gasteiger partial charge is 0.335 e. The van der Waals surface area contributed by atoms with Gasteiger partial charge in [0.25, 0.3) is 10.0 Å². The molecule has 0 aliphatic carbocycles. The first-order chi connectivity index (χ1) is 17.2. The molecule has 0 saturated carbocycles. The van der Waals surface area contributed by atoms with Gasteiger partial charge in [-0.15, -0.1) is 11.3 Å². The van der Waals surface area contributed by atoms with Crippen molar-refractivity contribution in [2.75, 3.05) is 29.3 Å². The molecule has 4 aromatic rings. The molecule has 188 valence electrons.